The van der Waals surface area contributed by atoms with Crippen LogP contribution >= 0.6 is 0 Å². The van der Waals surface area contributed by atoms with Gasteiger partial charge in [0.05, 0.1) is 32.3 Å². The number of aliphatic carboxylic acids is 1. The van der Waals surface area contributed by atoms with Crippen molar-refractivity contribution in [2.75, 3.05) is 13.7 Å². The second-order valence-electron chi connectivity index (χ2n) is 8.81. The summed E-state index contributed by atoms with van der Waals surface area (Å²) in [5, 5.41) is 9.56. The van der Waals surface area contributed by atoms with Crippen LogP contribution < -0.4 is 4.74 Å². The van der Waals surface area contributed by atoms with E-state index in [1.54, 1.807) is 14.0 Å². The van der Waals surface area contributed by atoms with Crippen LogP contribution in [0.5, 0.6) is 5.75 Å². The van der Waals surface area contributed by atoms with Crippen LogP contribution in [-0.4, -0.2) is 39.2 Å². The molecule has 0 radical (unpaired) electrons. The van der Waals surface area contributed by atoms with Crippen molar-refractivity contribution in [3.05, 3.63) is 29.8 Å². The SMILES string of the molecule is COc1ccc(COCC(C)C(O[Si](C)(C)C(C)(C)C)C(C)C(=O)O)cc1. The first-order valence-corrected chi connectivity index (χ1v) is 12.4. The molecule has 0 amide bonds. The molecule has 0 bridgehead atoms. The number of carboxylic acids is 1. The molecule has 3 atom stereocenters. The Bertz CT molecular complexity index is 592. The molecule has 154 valence electrons. The molecule has 1 aromatic carbocycles. The maximum atomic E-state index is 11.6. The smallest absolute Gasteiger partial charge is 0.308 e. The van der Waals surface area contributed by atoms with Gasteiger partial charge in [0.2, 0.25) is 0 Å². The van der Waals surface area contributed by atoms with E-state index >= 15 is 0 Å². The van der Waals surface area contributed by atoms with Gasteiger partial charge in [-0.05, 0) is 42.8 Å². The Kier molecular flexibility index (Phi) is 8.51. The van der Waals surface area contributed by atoms with Crippen LogP contribution in [0.3, 0.4) is 0 Å². The van der Waals surface area contributed by atoms with Gasteiger partial charge in [-0.25, -0.2) is 0 Å². The molecule has 0 saturated heterocycles. The van der Waals surface area contributed by atoms with E-state index < -0.39 is 20.2 Å². The highest BCUT2D eigenvalue weighted by Crippen LogP contribution is 2.39. The van der Waals surface area contributed by atoms with Crippen LogP contribution in [0, 0.1) is 11.8 Å². The molecule has 0 aliphatic carbocycles. The van der Waals surface area contributed by atoms with Crippen molar-refractivity contribution in [1.82, 2.24) is 0 Å². The molecule has 6 heteroatoms. The molecule has 0 saturated carbocycles. The van der Waals surface area contributed by atoms with Crippen LogP contribution in [0.4, 0.5) is 0 Å². The van der Waals surface area contributed by atoms with E-state index in [-0.39, 0.29) is 17.1 Å². The number of hydrogen-bond acceptors (Lipinski definition) is 4. The fourth-order valence-corrected chi connectivity index (χ4v) is 4.02. The fraction of sp³-hybridized carbons (Fsp3) is 0.667. The number of hydrogen-bond donors (Lipinski definition) is 1. The summed E-state index contributed by atoms with van der Waals surface area (Å²) in [6.07, 6.45) is -0.376. The summed E-state index contributed by atoms with van der Waals surface area (Å²) in [5.74, 6) is -0.631. The van der Waals surface area contributed by atoms with Crippen molar-refractivity contribution in [2.24, 2.45) is 11.8 Å². The normalized spacial score (nSPS) is 15.9. The van der Waals surface area contributed by atoms with Crippen molar-refractivity contribution >= 4 is 14.3 Å². The highest BCUT2D eigenvalue weighted by molar-refractivity contribution is 6.74. The lowest BCUT2D eigenvalue weighted by Crippen LogP contribution is -2.49. The topological polar surface area (TPSA) is 65.0 Å². The van der Waals surface area contributed by atoms with Gasteiger partial charge in [-0.3, -0.25) is 4.79 Å². The van der Waals surface area contributed by atoms with E-state index in [4.69, 9.17) is 13.9 Å². The van der Waals surface area contributed by atoms with Gasteiger partial charge in [0.15, 0.2) is 8.32 Å². The Morgan fingerprint density at radius 1 is 1.15 bits per heavy atom. The fourth-order valence-electron chi connectivity index (χ4n) is 2.55. The third-order valence-electron chi connectivity index (χ3n) is 5.49. The number of rotatable bonds is 10. The minimum atomic E-state index is -2.09. The number of methoxy groups -OCH3 is 1. The number of carboxylic acid groups (broad SMARTS) is 1. The predicted octanol–water partition coefficient (Wildman–Crippen LogP) is 4.96. The average Bonchev–Trinajstić information content (AvgIpc) is 2.58. The molecule has 0 fully saturated rings. The average molecular weight is 397 g/mol. The number of benzene rings is 1. The quantitative estimate of drug-likeness (QED) is 0.566. The summed E-state index contributed by atoms with van der Waals surface area (Å²) in [6.45, 7) is 15.4. The largest absolute Gasteiger partial charge is 0.497 e. The van der Waals surface area contributed by atoms with E-state index in [1.807, 2.05) is 31.2 Å². The Morgan fingerprint density at radius 2 is 1.70 bits per heavy atom. The number of carbonyl (C=O) groups is 1. The van der Waals surface area contributed by atoms with Gasteiger partial charge in [-0.1, -0.05) is 39.8 Å². The van der Waals surface area contributed by atoms with Gasteiger partial charge in [0.25, 0.3) is 0 Å². The first-order valence-electron chi connectivity index (χ1n) is 9.50. The van der Waals surface area contributed by atoms with Gasteiger partial charge < -0.3 is 19.0 Å². The summed E-state index contributed by atoms with van der Waals surface area (Å²) >= 11 is 0. The molecule has 0 aromatic heterocycles. The van der Waals surface area contributed by atoms with Crippen molar-refractivity contribution in [1.29, 1.82) is 0 Å². The van der Waals surface area contributed by atoms with Crippen LogP contribution in [0.25, 0.3) is 0 Å². The third-order valence-corrected chi connectivity index (χ3v) is 9.96. The van der Waals surface area contributed by atoms with Gasteiger partial charge in [-0.15, -0.1) is 0 Å². The second kappa shape index (κ2) is 9.71. The Hall–Kier alpha value is -1.37. The van der Waals surface area contributed by atoms with E-state index in [0.717, 1.165) is 11.3 Å². The molecule has 27 heavy (non-hydrogen) atoms. The zero-order chi connectivity index (χ0) is 20.8. The van der Waals surface area contributed by atoms with Crippen molar-refractivity contribution < 1.29 is 23.8 Å². The van der Waals surface area contributed by atoms with E-state index in [9.17, 15) is 9.90 Å². The first kappa shape index (κ1) is 23.7. The molecular weight excluding hydrogens is 360 g/mol. The monoisotopic (exact) mass is 396 g/mol. The molecular formula is C21H36O5Si. The summed E-state index contributed by atoms with van der Waals surface area (Å²) in [7, 11) is -0.448. The lowest BCUT2D eigenvalue weighted by atomic mass is 9.94. The molecule has 1 rings (SSSR count). The maximum absolute atomic E-state index is 11.6. The molecule has 0 heterocycles. The lowest BCUT2D eigenvalue weighted by molar-refractivity contribution is -0.146. The van der Waals surface area contributed by atoms with Gasteiger partial charge in [0, 0.05) is 5.92 Å². The van der Waals surface area contributed by atoms with E-state index in [0.29, 0.717) is 13.2 Å². The highest BCUT2D eigenvalue weighted by Gasteiger charge is 2.42. The summed E-state index contributed by atoms with van der Waals surface area (Å²) < 4.78 is 17.5. The lowest BCUT2D eigenvalue weighted by Gasteiger charge is -2.42. The minimum absolute atomic E-state index is 0.0210. The molecule has 3 unspecified atom stereocenters. The first-order chi connectivity index (χ1) is 12.4. The van der Waals surface area contributed by atoms with E-state index in [1.165, 1.54) is 0 Å². The Balaban J connectivity index is 2.75. The van der Waals surface area contributed by atoms with Crippen molar-refractivity contribution in [3.8, 4) is 5.75 Å². The molecule has 0 aliphatic rings. The second-order valence-corrected chi connectivity index (χ2v) is 13.6. The van der Waals surface area contributed by atoms with Crippen LogP contribution in [-0.2, 0) is 20.6 Å². The maximum Gasteiger partial charge on any atom is 0.308 e. The highest BCUT2D eigenvalue weighted by atomic mass is 28.4. The summed E-state index contributed by atoms with van der Waals surface area (Å²) in [4.78, 5) is 11.6. The van der Waals surface area contributed by atoms with Crippen molar-refractivity contribution in [2.45, 2.75) is 65.5 Å². The van der Waals surface area contributed by atoms with Gasteiger partial charge >= 0.3 is 5.97 Å². The minimum Gasteiger partial charge on any atom is -0.497 e. The summed E-state index contributed by atoms with van der Waals surface area (Å²) in [5.41, 5.74) is 1.05. The van der Waals surface area contributed by atoms with Crippen molar-refractivity contribution in [3.63, 3.8) is 0 Å². The predicted molar refractivity (Wildman–Crippen MR) is 111 cm³/mol. The van der Waals surface area contributed by atoms with E-state index in [2.05, 4.69) is 33.9 Å². The molecule has 0 spiro atoms. The zero-order valence-corrected chi connectivity index (χ0v) is 19.0. The number of ether oxygens (including phenoxy) is 2. The summed E-state index contributed by atoms with van der Waals surface area (Å²) in [6, 6.07) is 7.73. The van der Waals surface area contributed by atoms with Gasteiger partial charge in [0.1, 0.15) is 5.75 Å². The molecule has 1 aromatic rings. The van der Waals surface area contributed by atoms with Crippen LogP contribution in [0.1, 0.15) is 40.2 Å². The Labute approximate surface area is 165 Å². The van der Waals surface area contributed by atoms with Crippen LogP contribution in [0.2, 0.25) is 18.1 Å². The molecule has 5 nitrogen and oxygen atoms in total. The zero-order valence-electron chi connectivity index (χ0n) is 18.0. The van der Waals surface area contributed by atoms with Gasteiger partial charge in [-0.2, -0.15) is 0 Å². The third kappa shape index (κ3) is 6.94. The standard InChI is InChI=1S/C21H36O5Si/c1-15(13-25-14-17-9-11-18(24-6)12-10-17)19(16(2)20(22)23)26-27(7,8)21(3,4)5/h9-12,15-16,19H,13-14H2,1-8H3,(H,22,23). The van der Waals surface area contributed by atoms with Crippen LogP contribution in [0.15, 0.2) is 24.3 Å². The molecule has 1 N–H and O–H groups in total. The molecule has 0 aliphatic heterocycles. The Morgan fingerprint density at radius 3 is 2.15 bits per heavy atom.